The van der Waals surface area contributed by atoms with Crippen LogP contribution in [0.1, 0.15) is 23.2 Å². The zero-order valence-electron chi connectivity index (χ0n) is 14.2. The highest BCUT2D eigenvalue weighted by Crippen LogP contribution is 2.21. The largest absolute Gasteiger partial charge is 0.367 e. The molecule has 1 N–H and O–H groups in total. The number of carbonyl (C=O) groups excluding carboxylic acids is 1. The molecule has 0 bridgehead atoms. The van der Waals surface area contributed by atoms with Crippen LogP contribution in [0, 0.1) is 6.92 Å². The third-order valence-corrected chi connectivity index (χ3v) is 4.62. The van der Waals surface area contributed by atoms with Crippen LogP contribution in [0.3, 0.4) is 0 Å². The smallest absolute Gasteiger partial charge is 0.227 e. The van der Waals surface area contributed by atoms with E-state index < -0.39 is 0 Å². The van der Waals surface area contributed by atoms with Crippen LogP contribution in [-0.4, -0.2) is 40.5 Å². The Balaban J connectivity index is 1.46. The number of H-pyrrole nitrogens is 1. The first-order valence-electron chi connectivity index (χ1n) is 8.57. The van der Waals surface area contributed by atoms with Gasteiger partial charge in [0.05, 0.1) is 19.6 Å². The van der Waals surface area contributed by atoms with Gasteiger partial charge in [0.25, 0.3) is 0 Å². The highest BCUT2D eigenvalue weighted by molar-refractivity contribution is 5.85. The average Bonchev–Trinajstić information content (AvgIpc) is 3.08. The molecule has 4 rings (SSSR count). The summed E-state index contributed by atoms with van der Waals surface area (Å²) in [7, 11) is 0. The molecule has 1 atom stereocenters. The second-order valence-corrected chi connectivity index (χ2v) is 6.51. The number of hydrogen-bond donors (Lipinski definition) is 1. The highest BCUT2D eigenvalue weighted by atomic mass is 16.5. The van der Waals surface area contributed by atoms with Crippen LogP contribution in [-0.2, 0) is 16.0 Å². The third kappa shape index (κ3) is 3.42. The van der Waals surface area contributed by atoms with Crippen LogP contribution in [0.15, 0.2) is 48.7 Å². The minimum atomic E-state index is -0.178. The molecule has 1 aliphatic heterocycles. The monoisotopic (exact) mass is 335 g/mol. The van der Waals surface area contributed by atoms with Crippen molar-refractivity contribution in [3.63, 3.8) is 0 Å². The van der Waals surface area contributed by atoms with Gasteiger partial charge in [-0.25, -0.2) is 4.98 Å². The molecule has 3 aromatic rings. The van der Waals surface area contributed by atoms with Gasteiger partial charge in [-0.1, -0.05) is 42.5 Å². The summed E-state index contributed by atoms with van der Waals surface area (Å²) in [4.78, 5) is 22.1. The lowest BCUT2D eigenvalue weighted by molar-refractivity contribution is -0.138. The number of nitrogens with one attached hydrogen (secondary N) is 1. The SMILES string of the molecule is Cc1cnc(C2CN(C(=O)Cc3ccc4ccccc4c3)CCO2)[nH]1. The van der Waals surface area contributed by atoms with E-state index in [2.05, 4.69) is 34.2 Å². The van der Waals surface area contributed by atoms with Crippen molar-refractivity contribution in [2.45, 2.75) is 19.4 Å². The number of benzene rings is 2. The van der Waals surface area contributed by atoms with Gasteiger partial charge in [0, 0.05) is 18.4 Å². The van der Waals surface area contributed by atoms with E-state index in [1.165, 1.54) is 10.8 Å². The Kier molecular flexibility index (Phi) is 4.24. The molecule has 5 nitrogen and oxygen atoms in total. The van der Waals surface area contributed by atoms with Crippen LogP contribution < -0.4 is 0 Å². The lowest BCUT2D eigenvalue weighted by atomic mass is 10.0. The highest BCUT2D eigenvalue weighted by Gasteiger charge is 2.27. The van der Waals surface area contributed by atoms with Gasteiger partial charge in [-0.05, 0) is 23.3 Å². The molecule has 1 aromatic heterocycles. The number of rotatable bonds is 3. The minimum Gasteiger partial charge on any atom is -0.367 e. The first-order valence-corrected chi connectivity index (χ1v) is 8.57. The van der Waals surface area contributed by atoms with E-state index in [1.54, 1.807) is 6.20 Å². The molecule has 1 aliphatic rings. The number of carbonyl (C=O) groups is 1. The lowest BCUT2D eigenvalue weighted by Gasteiger charge is -2.32. The number of imidazole rings is 1. The van der Waals surface area contributed by atoms with E-state index in [9.17, 15) is 4.79 Å². The Morgan fingerprint density at radius 2 is 2.12 bits per heavy atom. The zero-order chi connectivity index (χ0) is 17.2. The normalized spacial score (nSPS) is 17.8. The van der Waals surface area contributed by atoms with Gasteiger partial charge in [0.1, 0.15) is 11.9 Å². The summed E-state index contributed by atoms with van der Waals surface area (Å²) in [5.74, 6) is 0.924. The van der Waals surface area contributed by atoms with Crippen LogP contribution in [0.5, 0.6) is 0 Å². The molecule has 1 unspecified atom stereocenters. The van der Waals surface area contributed by atoms with Crippen molar-refractivity contribution in [1.82, 2.24) is 14.9 Å². The fourth-order valence-electron chi connectivity index (χ4n) is 3.27. The fraction of sp³-hybridized carbons (Fsp3) is 0.300. The number of nitrogens with zero attached hydrogens (tertiary/aromatic N) is 2. The first-order chi connectivity index (χ1) is 12.2. The summed E-state index contributed by atoms with van der Waals surface area (Å²) in [5, 5.41) is 2.36. The molecule has 0 saturated carbocycles. The van der Waals surface area contributed by atoms with Gasteiger partial charge < -0.3 is 14.6 Å². The summed E-state index contributed by atoms with van der Waals surface area (Å²) in [5.41, 5.74) is 2.04. The second-order valence-electron chi connectivity index (χ2n) is 6.51. The van der Waals surface area contributed by atoms with Gasteiger partial charge >= 0.3 is 0 Å². The number of aryl methyl sites for hydroxylation is 1. The van der Waals surface area contributed by atoms with Gasteiger partial charge in [-0.15, -0.1) is 0 Å². The molecule has 25 heavy (non-hydrogen) atoms. The van der Waals surface area contributed by atoms with Crippen LogP contribution in [0.4, 0.5) is 0 Å². The molecule has 5 heteroatoms. The number of aromatic amines is 1. The van der Waals surface area contributed by atoms with E-state index in [-0.39, 0.29) is 12.0 Å². The molecule has 0 spiro atoms. The second kappa shape index (κ2) is 6.69. The number of aromatic nitrogens is 2. The van der Waals surface area contributed by atoms with Gasteiger partial charge in [0.15, 0.2) is 0 Å². The summed E-state index contributed by atoms with van der Waals surface area (Å²) in [6.45, 7) is 3.66. The van der Waals surface area contributed by atoms with Crippen molar-refractivity contribution >= 4 is 16.7 Å². The molecule has 1 saturated heterocycles. The van der Waals surface area contributed by atoms with Crippen molar-refractivity contribution in [3.05, 3.63) is 65.7 Å². The predicted octanol–water partition coefficient (Wildman–Crippen LogP) is 3.01. The van der Waals surface area contributed by atoms with E-state index in [1.807, 2.05) is 30.0 Å². The van der Waals surface area contributed by atoms with Gasteiger partial charge in [0.2, 0.25) is 5.91 Å². The molecule has 1 fully saturated rings. The van der Waals surface area contributed by atoms with E-state index >= 15 is 0 Å². The Labute approximate surface area is 146 Å². The maximum absolute atomic E-state index is 12.7. The fourth-order valence-corrected chi connectivity index (χ4v) is 3.27. The summed E-state index contributed by atoms with van der Waals surface area (Å²) < 4.78 is 5.78. The van der Waals surface area contributed by atoms with Crippen molar-refractivity contribution in [1.29, 1.82) is 0 Å². The van der Waals surface area contributed by atoms with Gasteiger partial charge in [-0.3, -0.25) is 4.79 Å². The first kappa shape index (κ1) is 15.8. The lowest BCUT2D eigenvalue weighted by Crippen LogP contribution is -2.43. The molecule has 0 radical (unpaired) electrons. The van der Waals surface area contributed by atoms with Crippen molar-refractivity contribution in [3.8, 4) is 0 Å². The number of fused-ring (bicyclic) bond motifs is 1. The molecule has 2 aromatic carbocycles. The standard InChI is InChI=1S/C20H21N3O2/c1-14-12-21-20(22-14)18-13-23(8-9-25-18)19(24)11-15-6-7-16-4-2-3-5-17(16)10-15/h2-7,10,12,18H,8-9,11,13H2,1H3,(H,21,22). The summed E-state index contributed by atoms with van der Waals surface area (Å²) in [6, 6.07) is 14.4. The number of amides is 1. The average molecular weight is 335 g/mol. The predicted molar refractivity (Wildman–Crippen MR) is 96.2 cm³/mol. The Hall–Kier alpha value is -2.66. The summed E-state index contributed by atoms with van der Waals surface area (Å²) >= 11 is 0. The van der Waals surface area contributed by atoms with Crippen molar-refractivity contribution in [2.24, 2.45) is 0 Å². The third-order valence-electron chi connectivity index (χ3n) is 4.62. The molecular formula is C20H21N3O2. The topological polar surface area (TPSA) is 58.2 Å². The van der Waals surface area contributed by atoms with Crippen molar-refractivity contribution in [2.75, 3.05) is 19.7 Å². The summed E-state index contributed by atoms with van der Waals surface area (Å²) in [6.07, 6.45) is 2.02. The Bertz CT molecular complexity index is 903. The number of hydrogen-bond acceptors (Lipinski definition) is 3. The van der Waals surface area contributed by atoms with Crippen LogP contribution in [0.25, 0.3) is 10.8 Å². The molecule has 0 aliphatic carbocycles. The van der Waals surface area contributed by atoms with E-state index in [0.717, 1.165) is 17.1 Å². The molecule has 128 valence electrons. The Morgan fingerprint density at radius 1 is 1.28 bits per heavy atom. The maximum atomic E-state index is 12.7. The number of morpholine rings is 1. The molecular weight excluding hydrogens is 314 g/mol. The van der Waals surface area contributed by atoms with E-state index in [4.69, 9.17) is 4.74 Å². The van der Waals surface area contributed by atoms with Gasteiger partial charge in [-0.2, -0.15) is 0 Å². The van der Waals surface area contributed by atoms with Crippen molar-refractivity contribution < 1.29 is 9.53 Å². The quantitative estimate of drug-likeness (QED) is 0.800. The zero-order valence-corrected chi connectivity index (χ0v) is 14.2. The van der Waals surface area contributed by atoms with Crippen LogP contribution in [0.2, 0.25) is 0 Å². The maximum Gasteiger partial charge on any atom is 0.227 e. The van der Waals surface area contributed by atoms with Crippen LogP contribution >= 0.6 is 0 Å². The molecule has 2 heterocycles. The Morgan fingerprint density at radius 3 is 2.92 bits per heavy atom. The van der Waals surface area contributed by atoms with E-state index in [0.29, 0.717) is 26.1 Å². The number of ether oxygens (including phenoxy) is 1. The minimum absolute atomic E-state index is 0.131. The molecule has 1 amide bonds.